The van der Waals surface area contributed by atoms with Crippen molar-refractivity contribution in [2.75, 3.05) is 0 Å². The summed E-state index contributed by atoms with van der Waals surface area (Å²) in [5.41, 5.74) is 5.67. The van der Waals surface area contributed by atoms with E-state index in [1.807, 2.05) is 24.4 Å². The molecule has 2 atom stereocenters. The molecule has 0 radical (unpaired) electrons. The van der Waals surface area contributed by atoms with Crippen LogP contribution in [-0.2, 0) is 4.79 Å². The molecule has 1 amide bonds. The van der Waals surface area contributed by atoms with Crippen LogP contribution < -0.4 is 11.1 Å². The highest BCUT2D eigenvalue weighted by Gasteiger charge is 2.25. The van der Waals surface area contributed by atoms with Crippen LogP contribution >= 0.6 is 23.6 Å². The summed E-state index contributed by atoms with van der Waals surface area (Å²) in [6, 6.07) is 4.07. The topological polar surface area (TPSA) is 55.1 Å². The quantitative estimate of drug-likeness (QED) is 0.760. The molecule has 1 heterocycles. The second-order valence-electron chi connectivity index (χ2n) is 4.99. The van der Waals surface area contributed by atoms with E-state index in [1.165, 1.54) is 4.88 Å². The average molecular weight is 298 g/mol. The average Bonchev–Trinajstić information content (AvgIpc) is 2.85. The summed E-state index contributed by atoms with van der Waals surface area (Å²) in [4.78, 5) is 13.8. The molecule has 3 N–H and O–H groups in total. The van der Waals surface area contributed by atoms with E-state index in [0.29, 0.717) is 12.3 Å². The number of hydrogen-bond acceptors (Lipinski definition) is 3. The van der Waals surface area contributed by atoms with Gasteiger partial charge in [0.2, 0.25) is 5.91 Å². The minimum Gasteiger partial charge on any atom is -0.393 e. The normalized spacial score (nSPS) is 14.1. The van der Waals surface area contributed by atoms with Gasteiger partial charge < -0.3 is 11.1 Å². The maximum absolute atomic E-state index is 12.3. The van der Waals surface area contributed by atoms with E-state index < -0.39 is 0 Å². The molecule has 1 aromatic heterocycles. The number of nitrogens with two attached hydrogens (primary N) is 1. The number of rotatable bonds is 7. The summed E-state index contributed by atoms with van der Waals surface area (Å²) in [5.74, 6) is -0.0844. The zero-order chi connectivity index (χ0) is 14.4. The molecular weight excluding hydrogens is 276 g/mol. The van der Waals surface area contributed by atoms with Gasteiger partial charge in [-0.05, 0) is 23.8 Å². The van der Waals surface area contributed by atoms with Crippen LogP contribution in [-0.4, -0.2) is 10.9 Å². The first kappa shape index (κ1) is 16.1. The van der Waals surface area contributed by atoms with Gasteiger partial charge in [-0.1, -0.05) is 45.5 Å². The molecule has 2 unspecified atom stereocenters. The maximum atomic E-state index is 12.3. The van der Waals surface area contributed by atoms with Gasteiger partial charge in [-0.25, -0.2) is 0 Å². The number of amides is 1. The Morgan fingerprint density at radius 3 is 2.63 bits per heavy atom. The standard InChI is InChI=1S/C14H22N2OS2/c1-4-6-10(13(15)18)14(17)16-12(9(2)3)11-7-5-8-19-11/h5,7-10,12H,4,6H2,1-3H3,(H2,15,18)(H,16,17). The lowest BCUT2D eigenvalue weighted by Gasteiger charge is -2.24. The van der Waals surface area contributed by atoms with Crippen molar-refractivity contribution in [2.24, 2.45) is 17.6 Å². The molecule has 0 aromatic carbocycles. The molecule has 0 spiro atoms. The van der Waals surface area contributed by atoms with Crippen LogP contribution in [0, 0.1) is 11.8 Å². The molecule has 0 saturated heterocycles. The SMILES string of the molecule is CCCC(C(=O)NC(c1cccs1)C(C)C)C(N)=S. The molecule has 0 fully saturated rings. The van der Waals surface area contributed by atoms with Crippen molar-refractivity contribution in [1.29, 1.82) is 0 Å². The Kier molecular flexibility index (Phi) is 6.45. The van der Waals surface area contributed by atoms with Crippen LogP contribution in [0.1, 0.15) is 44.5 Å². The Labute approximate surface area is 124 Å². The highest BCUT2D eigenvalue weighted by Crippen LogP contribution is 2.26. The van der Waals surface area contributed by atoms with Gasteiger partial charge in [-0.3, -0.25) is 4.79 Å². The highest BCUT2D eigenvalue weighted by atomic mass is 32.1. The summed E-state index contributed by atoms with van der Waals surface area (Å²) < 4.78 is 0. The molecule has 19 heavy (non-hydrogen) atoms. The summed E-state index contributed by atoms with van der Waals surface area (Å²) in [6.45, 7) is 6.22. The number of thiophene rings is 1. The molecule has 1 aromatic rings. The van der Waals surface area contributed by atoms with Crippen LogP contribution in [0.25, 0.3) is 0 Å². The smallest absolute Gasteiger partial charge is 0.230 e. The molecule has 3 nitrogen and oxygen atoms in total. The Balaban J connectivity index is 2.79. The van der Waals surface area contributed by atoms with E-state index in [1.54, 1.807) is 11.3 Å². The Morgan fingerprint density at radius 1 is 1.53 bits per heavy atom. The first-order chi connectivity index (χ1) is 8.97. The van der Waals surface area contributed by atoms with Gasteiger partial charge in [-0.15, -0.1) is 11.3 Å². The Hall–Kier alpha value is -0.940. The lowest BCUT2D eigenvalue weighted by atomic mass is 9.99. The third kappa shape index (κ3) is 4.58. The van der Waals surface area contributed by atoms with E-state index in [-0.39, 0.29) is 22.9 Å². The number of thiocarbonyl (C=S) groups is 1. The van der Waals surface area contributed by atoms with Gasteiger partial charge in [0.15, 0.2) is 0 Å². The van der Waals surface area contributed by atoms with Crippen LogP contribution in [0.5, 0.6) is 0 Å². The van der Waals surface area contributed by atoms with Crippen molar-refractivity contribution >= 4 is 34.5 Å². The second-order valence-corrected chi connectivity index (χ2v) is 6.44. The summed E-state index contributed by atoms with van der Waals surface area (Å²) in [6.07, 6.45) is 1.59. The van der Waals surface area contributed by atoms with Gasteiger partial charge in [0.1, 0.15) is 0 Å². The zero-order valence-electron chi connectivity index (χ0n) is 11.7. The first-order valence-corrected chi connectivity index (χ1v) is 7.89. The fourth-order valence-corrected chi connectivity index (χ4v) is 3.15. The third-order valence-corrected chi connectivity index (χ3v) is 4.29. The summed E-state index contributed by atoms with van der Waals surface area (Å²) in [7, 11) is 0. The van der Waals surface area contributed by atoms with Gasteiger partial charge in [-0.2, -0.15) is 0 Å². The third-order valence-electron chi connectivity index (χ3n) is 3.05. The minimum atomic E-state index is -0.360. The molecule has 5 heteroatoms. The van der Waals surface area contributed by atoms with Crippen LogP contribution in [0.4, 0.5) is 0 Å². The van der Waals surface area contributed by atoms with E-state index in [9.17, 15) is 4.79 Å². The predicted octanol–water partition coefficient (Wildman–Crippen LogP) is 3.26. The molecule has 0 aliphatic heterocycles. The molecule has 1 rings (SSSR count). The second kappa shape index (κ2) is 7.60. The zero-order valence-corrected chi connectivity index (χ0v) is 13.3. The van der Waals surface area contributed by atoms with Crippen LogP contribution in [0.3, 0.4) is 0 Å². The lowest BCUT2D eigenvalue weighted by molar-refractivity contribution is -0.124. The monoisotopic (exact) mass is 298 g/mol. The van der Waals surface area contributed by atoms with Crippen molar-refractivity contribution in [2.45, 2.75) is 39.7 Å². The Morgan fingerprint density at radius 2 is 2.21 bits per heavy atom. The van der Waals surface area contributed by atoms with E-state index in [4.69, 9.17) is 18.0 Å². The lowest BCUT2D eigenvalue weighted by Crippen LogP contribution is -2.40. The molecular formula is C14H22N2OS2. The van der Waals surface area contributed by atoms with Crippen molar-refractivity contribution in [1.82, 2.24) is 5.32 Å². The molecule has 106 valence electrons. The largest absolute Gasteiger partial charge is 0.393 e. The number of hydrogen-bond donors (Lipinski definition) is 2. The van der Waals surface area contributed by atoms with E-state index in [0.717, 1.165) is 6.42 Å². The van der Waals surface area contributed by atoms with E-state index in [2.05, 4.69) is 19.2 Å². The number of nitrogens with one attached hydrogen (secondary N) is 1. The first-order valence-electron chi connectivity index (χ1n) is 6.60. The van der Waals surface area contributed by atoms with Crippen molar-refractivity contribution < 1.29 is 4.79 Å². The van der Waals surface area contributed by atoms with Gasteiger partial charge >= 0.3 is 0 Å². The predicted molar refractivity (Wildman–Crippen MR) is 85.2 cm³/mol. The van der Waals surface area contributed by atoms with Gasteiger partial charge in [0.05, 0.1) is 16.9 Å². The maximum Gasteiger partial charge on any atom is 0.230 e. The number of carbonyl (C=O) groups excluding carboxylic acids is 1. The number of carbonyl (C=O) groups is 1. The minimum absolute atomic E-state index is 0.0289. The van der Waals surface area contributed by atoms with E-state index >= 15 is 0 Å². The van der Waals surface area contributed by atoms with Crippen LogP contribution in [0.2, 0.25) is 0 Å². The molecule has 0 bridgehead atoms. The molecule has 0 saturated carbocycles. The van der Waals surface area contributed by atoms with Crippen molar-refractivity contribution in [3.8, 4) is 0 Å². The van der Waals surface area contributed by atoms with Crippen LogP contribution in [0.15, 0.2) is 17.5 Å². The van der Waals surface area contributed by atoms with Gasteiger partial charge in [0, 0.05) is 4.88 Å². The van der Waals surface area contributed by atoms with Crippen molar-refractivity contribution in [3.05, 3.63) is 22.4 Å². The molecule has 0 aliphatic rings. The fraction of sp³-hybridized carbons (Fsp3) is 0.571. The Bertz CT molecular complexity index is 415. The molecule has 0 aliphatic carbocycles. The summed E-state index contributed by atoms with van der Waals surface area (Å²) >= 11 is 6.65. The van der Waals surface area contributed by atoms with Gasteiger partial charge in [0.25, 0.3) is 0 Å². The summed E-state index contributed by atoms with van der Waals surface area (Å²) in [5, 5.41) is 5.11. The highest BCUT2D eigenvalue weighted by molar-refractivity contribution is 7.80. The fourth-order valence-electron chi connectivity index (χ4n) is 1.98. The van der Waals surface area contributed by atoms with Crippen molar-refractivity contribution in [3.63, 3.8) is 0 Å².